The maximum atomic E-state index is 12.4. The molecule has 0 spiro atoms. The molecule has 0 fully saturated rings. The van der Waals surface area contributed by atoms with Crippen molar-refractivity contribution in [3.05, 3.63) is 17.5 Å². The summed E-state index contributed by atoms with van der Waals surface area (Å²) in [6.45, 7) is 9.38. The zero-order chi connectivity index (χ0) is 17.5. The molecule has 1 heterocycles. The Balaban J connectivity index is 2.84. The number of amides is 1. The standard InChI is InChI=1S/C17H30ClN3O2/c1-13(12-22)11-19-16(23)14-10-15(17(2,3)4)20-21(14)9-7-5-6-8-18/h10,13,22H,5-9,11-12H2,1-4H3,(H,19,23). The van der Waals surface area contributed by atoms with Gasteiger partial charge in [-0.25, -0.2) is 0 Å². The number of aryl methyl sites for hydroxylation is 1. The van der Waals surface area contributed by atoms with Crippen molar-refractivity contribution in [2.75, 3.05) is 19.0 Å². The molecule has 2 N–H and O–H groups in total. The van der Waals surface area contributed by atoms with Crippen LogP contribution in [0.25, 0.3) is 0 Å². The number of carbonyl (C=O) groups is 1. The first-order valence-corrected chi connectivity index (χ1v) is 8.86. The Morgan fingerprint density at radius 2 is 2.09 bits per heavy atom. The summed E-state index contributed by atoms with van der Waals surface area (Å²) in [6.07, 6.45) is 2.95. The highest BCUT2D eigenvalue weighted by Gasteiger charge is 2.22. The van der Waals surface area contributed by atoms with Gasteiger partial charge in [0.2, 0.25) is 0 Å². The summed E-state index contributed by atoms with van der Waals surface area (Å²) in [5.74, 6) is 0.574. The van der Waals surface area contributed by atoms with Gasteiger partial charge in [0.15, 0.2) is 0 Å². The predicted octanol–water partition coefficient (Wildman–Crippen LogP) is 2.95. The topological polar surface area (TPSA) is 67.2 Å². The molecule has 0 aliphatic heterocycles. The maximum absolute atomic E-state index is 12.4. The molecule has 0 bridgehead atoms. The number of nitrogens with zero attached hydrogens (tertiary/aromatic N) is 2. The first-order valence-electron chi connectivity index (χ1n) is 8.33. The average molecular weight is 344 g/mol. The van der Waals surface area contributed by atoms with Crippen molar-refractivity contribution >= 4 is 17.5 Å². The lowest BCUT2D eigenvalue weighted by Gasteiger charge is -2.14. The van der Waals surface area contributed by atoms with Crippen LogP contribution >= 0.6 is 11.6 Å². The quantitative estimate of drug-likeness (QED) is 0.535. The fourth-order valence-electron chi connectivity index (χ4n) is 2.09. The van der Waals surface area contributed by atoms with E-state index in [1.165, 1.54) is 0 Å². The van der Waals surface area contributed by atoms with Crippen LogP contribution in [-0.2, 0) is 12.0 Å². The Kier molecular flexibility index (Phi) is 8.06. The van der Waals surface area contributed by atoms with Crippen LogP contribution in [0.1, 0.15) is 63.1 Å². The lowest BCUT2D eigenvalue weighted by Crippen LogP contribution is -2.31. The second kappa shape index (κ2) is 9.28. The van der Waals surface area contributed by atoms with Crippen molar-refractivity contribution in [1.29, 1.82) is 0 Å². The molecule has 1 amide bonds. The van der Waals surface area contributed by atoms with Gasteiger partial charge < -0.3 is 10.4 Å². The van der Waals surface area contributed by atoms with Gasteiger partial charge in [0.1, 0.15) is 5.69 Å². The Labute approximate surface area is 144 Å². The van der Waals surface area contributed by atoms with Gasteiger partial charge >= 0.3 is 0 Å². The van der Waals surface area contributed by atoms with E-state index in [9.17, 15) is 4.79 Å². The fourth-order valence-corrected chi connectivity index (χ4v) is 2.28. The van der Waals surface area contributed by atoms with Gasteiger partial charge in [0.25, 0.3) is 5.91 Å². The van der Waals surface area contributed by atoms with E-state index >= 15 is 0 Å². The van der Waals surface area contributed by atoms with Gasteiger partial charge in [0, 0.05) is 31.0 Å². The van der Waals surface area contributed by atoms with Gasteiger partial charge in [-0.2, -0.15) is 5.10 Å². The predicted molar refractivity (Wildman–Crippen MR) is 94.1 cm³/mol. The van der Waals surface area contributed by atoms with Gasteiger partial charge in [-0.05, 0) is 24.8 Å². The van der Waals surface area contributed by atoms with Crippen molar-refractivity contribution in [3.8, 4) is 0 Å². The number of nitrogens with one attached hydrogen (secondary N) is 1. The molecule has 0 aromatic carbocycles. The summed E-state index contributed by atoms with van der Waals surface area (Å²) in [6, 6.07) is 1.88. The zero-order valence-corrected chi connectivity index (χ0v) is 15.5. The second-order valence-corrected chi connectivity index (χ2v) is 7.51. The number of halogens is 1. The SMILES string of the molecule is CC(CO)CNC(=O)c1cc(C(C)(C)C)nn1CCCCCCl. The highest BCUT2D eigenvalue weighted by atomic mass is 35.5. The number of alkyl halides is 1. The summed E-state index contributed by atoms with van der Waals surface area (Å²) >= 11 is 5.71. The van der Waals surface area contributed by atoms with E-state index < -0.39 is 0 Å². The lowest BCUT2D eigenvalue weighted by atomic mass is 9.92. The molecule has 5 nitrogen and oxygen atoms in total. The van der Waals surface area contributed by atoms with Crippen molar-refractivity contribution in [3.63, 3.8) is 0 Å². The minimum Gasteiger partial charge on any atom is -0.396 e. The number of hydrogen-bond donors (Lipinski definition) is 2. The van der Waals surface area contributed by atoms with E-state index in [2.05, 4.69) is 31.2 Å². The molecule has 0 aliphatic rings. The third-order valence-corrected chi connectivity index (χ3v) is 3.97. The van der Waals surface area contributed by atoms with Crippen LogP contribution in [0.15, 0.2) is 6.07 Å². The monoisotopic (exact) mass is 343 g/mol. The largest absolute Gasteiger partial charge is 0.396 e. The summed E-state index contributed by atoms with van der Waals surface area (Å²) in [5, 5.41) is 16.6. The van der Waals surface area contributed by atoms with Gasteiger partial charge in [-0.1, -0.05) is 34.1 Å². The second-order valence-electron chi connectivity index (χ2n) is 7.14. The molecule has 6 heteroatoms. The molecule has 0 saturated heterocycles. The van der Waals surface area contributed by atoms with Gasteiger partial charge in [-0.15, -0.1) is 11.6 Å². The summed E-state index contributed by atoms with van der Waals surface area (Å²) in [4.78, 5) is 12.4. The minimum atomic E-state index is -0.134. The number of aliphatic hydroxyl groups excluding tert-OH is 1. The molecule has 1 atom stereocenters. The Hall–Kier alpha value is -1.07. The highest BCUT2D eigenvalue weighted by Crippen LogP contribution is 2.22. The third kappa shape index (κ3) is 6.51. The van der Waals surface area contributed by atoms with E-state index in [1.54, 1.807) is 4.68 Å². The number of carbonyl (C=O) groups excluding carboxylic acids is 1. The zero-order valence-electron chi connectivity index (χ0n) is 14.7. The molecule has 1 rings (SSSR count). The van der Waals surface area contributed by atoms with E-state index in [-0.39, 0.29) is 23.8 Å². The summed E-state index contributed by atoms with van der Waals surface area (Å²) in [7, 11) is 0. The van der Waals surface area contributed by atoms with Crippen LogP contribution in [-0.4, -0.2) is 39.8 Å². The smallest absolute Gasteiger partial charge is 0.269 e. The van der Waals surface area contributed by atoms with Crippen LogP contribution in [0.2, 0.25) is 0 Å². The van der Waals surface area contributed by atoms with Crippen LogP contribution in [0.5, 0.6) is 0 Å². The molecular weight excluding hydrogens is 314 g/mol. The molecule has 1 aromatic rings. The van der Waals surface area contributed by atoms with Crippen LogP contribution < -0.4 is 5.32 Å². The van der Waals surface area contributed by atoms with Crippen molar-refractivity contribution in [2.24, 2.45) is 5.92 Å². The van der Waals surface area contributed by atoms with Crippen molar-refractivity contribution in [1.82, 2.24) is 15.1 Å². The number of rotatable bonds is 9. The number of aliphatic hydroxyl groups is 1. The van der Waals surface area contributed by atoms with E-state index in [0.717, 1.165) is 25.0 Å². The summed E-state index contributed by atoms with van der Waals surface area (Å²) < 4.78 is 1.80. The van der Waals surface area contributed by atoms with Gasteiger partial charge in [-0.3, -0.25) is 9.48 Å². The van der Waals surface area contributed by atoms with E-state index in [0.29, 0.717) is 24.7 Å². The lowest BCUT2D eigenvalue weighted by molar-refractivity contribution is 0.0931. The molecule has 0 saturated carbocycles. The van der Waals surface area contributed by atoms with Crippen molar-refractivity contribution < 1.29 is 9.90 Å². The number of unbranched alkanes of at least 4 members (excludes halogenated alkanes) is 2. The first kappa shape index (κ1) is 20.0. The first-order chi connectivity index (χ1) is 10.8. The van der Waals surface area contributed by atoms with Crippen LogP contribution in [0.4, 0.5) is 0 Å². The Morgan fingerprint density at radius 1 is 1.39 bits per heavy atom. The third-order valence-electron chi connectivity index (χ3n) is 3.71. The van der Waals surface area contributed by atoms with E-state index in [4.69, 9.17) is 16.7 Å². The molecule has 1 unspecified atom stereocenters. The molecule has 0 aliphatic carbocycles. The minimum absolute atomic E-state index is 0.0427. The Bertz CT molecular complexity index is 495. The van der Waals surface area contributed by atoms with Crippen molar-refractivity contribution in [2.45, 2.75) is 58.9 Å². The maximum Gasteiger partial charge on any atom is 0.269 e. The van der Waals surface area contributed by atoms with Gasteiger partial charge in [0.05, 0.1) is 5.69 Å². The fraction of sp³-hybridized carbons (Fsp3) is 0.765. The van der Waals surface area contributed by atoms with Crippen LogP contribution in [0, 0.1) is 5.92 Å². The molecule has 132 valence electrons. The highest BCUT2D eigenvalue weighted by molar-refractivity contribution is 6.17. The molecular formula is C17H30ClN3O2. The molecule has 23 heavy (non-hydrogen) atoms. The molecule has 0 radical (unpaired) electrons. The number of hydrogen-bond acceptors (Lipinski definition) is 3. The normalized spacial score (nSPS) is 13.1. The summed E-state index contributed by atoms with van der Waals surface area (Å²) in [5.41, 5.74) is 1.40. The average Bonchev–Trinajstić information content (AvgIpc) is 2.93. The molecule has 1 aromatic heterocycles. The number of aromatic nitrogens is 2. The van der Waals surface area contributed by atoms with E-state index in [1.807, 2.05) is 13.0 Å². The Morgan fingerprint density at radius 3 is 2.65 bits per heavy atom. The van der Waals surface area contributed by atoms with Crippen LogP contribution in [0.3, 0.4) is 0 Å².